The van der Waals surface area contributed by atoms with Gasteiger partial charge in [-0.15, -0.1) is 0 Å². The average Bonchev–Trinajstić information content (AvgIpc) is 2.69. The first-order valence-corrected chi connectivity index (χ1v) is 5.61. The summed E-state index contributed by atoms with van der Waals surface area (Å²) in [5, 5.41) is 12.4. The van der Waals surface area contributed by atoms with Crippen LogP contribution in [0.5, 0.6) is 0 Å². The molecule has 2 rings (SSSR count). The average molecular weight is 306 g/mol. The number of benzene rings is 1. The zero-order valence-corrected chi connectivity index (χ0v) is 10.6. The van der Waals surface area contributed by atoms with E-state index in [1.807, 2.05) is 0 Å². The second kappa shape index (κ2) is 4.76. The van der Waals surface area contributed by atoms with E-state index in [1.54, 1.807) is 6.07 Å². The Morgan fingerprint density at radius 2 is 1.95 bits per heavy atom. The van der Waals surface area contributed by atoms with Gasteiger partial charge in [-0.1, -0.05) is 23.2 Å². The molecule has 0 unspecified atom stereocenters. The maximum Gasteiger partial charge on any atom is 0.416 e. The van der Waals surface area contributed by atoms with Gasteiger partial charge in [0.25, 0.3) is 0 Å². The number of nitrogens with zero attached hydrogens (tertiary/aromatic N) is 3. The molecule has 0 fully saturated rings. The Morgan fingerprint density at radius 3 is 2.42 bits per heavy atom. The molecule has 0 N–H and O–H groups in total. The monoisotopic (exact) mass is 305 g/mol. The van der Waals surface area contributed by atoms with Crippen molar-refractivity contribution in [1.29, 1.82) is 5.26 Å². The summed E-state index contributed by atoms with van der Waals surface area (Å²) in [5.41, 5.74) is -0.594. The summed E-state index contributed by atoms with van der Waals surface area (Å²) in [4.78, 5) is 0. The Hall–Kier alpha value is -1.71. The summed E-state index contributed by atoms with van der Waals surface area (Å²) in [6, 6.07) is 4.59. The lowest BCUT2D eigenvalue weighted by Gasteiger charge is -2.10. The smallest absolute Gasteiger partial charge is 0.219 e. The summed E-state index contributed by atoms with van der Waals surface area (Å²) in [6.07, 6.45) is -3.27. The molecule has 0 bridgehead atoms. The Morgan fingerprint density at radius 1 is 1.26 bits per heavy atom. The predicted molar refractivity (Wildman–Crippen MR) is 63.3 cm³/mol. The molecule has 0 aliphatic carbocycles. The van der Waals surface area contributed by atoms with Gasteiger partial charge < -0.3 is 0 Å². The highest BCUT2D eigenvalue weighted by Crippen LogP contribution is 2.34. The molecule has 1 aromatic heterocycles. The van der Waals surface area contributed by atoms with Crippen LogP contribution in [0.15, 0.2) is 24.4 Å². The zero-order chi connectivity index (χ0) is 14.2. The third kappa shape index (κ3) is 2.53. The quantitative estimate of drug-likeness (QED) is 0.797. The summed E-state index contributed by atoms with van der Waals surface area (Å²) in [5.74, 6) is 0. The van der Waals surface area contributed by atoms with Gasteiger partial charge in [-0.2, -0.15) is 23.5 Å². The number of hydrogen-bond donors (Lipinski definition) is 0. The highest BCUT2D eigenvalue weighted by Gasteiger charge is 2.31. The molecule has 1 aromatic carbocycles. The number of rotatable bonds is 1. The van der Waals surface area contributed by atoms with Gasteiger partial charge in [-0.3, -0.25) is 0 Å². The minimum atomic E-state index is -4.48. The molecular formula is C11H4Cl2F3N3. The lowest BCUT2D eigenvalue weighted by Crippen LogP contribution is -2.06. The van der Waals surface area contributed by atoms with Gasteiger partial charge in [-0.05, 0) is 18.2 Å². The van der Waals surface area contributed by atoms with Crippen LogP contribution in [-0.2, 0) is 6.18 Å². The van der Waals surface area contributed by atoms with Crippen LogP contribution < -0.4 is 0 Å². The number of nitriles is 1. The van der Waals surface area contributed by atoms with Crippen molar-refractivity contribution in [2.75, 3.05) is 0 Å². The molecule has 0 saturated heterocycles. The maximum absolute atomic E-state index is 12.5. The number of aromatic nitrogens is 2. The van der Waals surface area contributed by atoms with Crippen LogP contribution in [0.2, 0.25) is 10.2 Å². The molecular weight excluding hydrogens is 302 g/mol. The minimum Gasteiger partial charge on any atom is -0.219 e. The molecule has 0 aliphatic heterocycles. The lowest BCUT2D eigenvalue weighted by atomic mass is 10.2. The molecule has 1 heterocycles. The van der Waals surface area contributed by atoms with Crippen molar-refractivity contribution in [3.8, 4) is 11.8 Å². The van der Waals surface area contributed by atoms with Crippen LogP contribution in [-0.4, -0.2) is 9.78 Å². The highest BCUT2D eigenvalue weighted by molar-refractivity contribution is 6.33. The van der Waals surface area contributed by atoms with E-state index in [1.165, 1.54) is 6.20 Å². The van der Waals surface area contributed by atoms with Crippen LogP contribution in [0.3, 0.4) is 0 Å². The first-order valence-electron chi connectivity index (χ1n) is 4.85. The zero-order valence-electron chi connectivity index (χ0n) is 9.04. The topological polar surface area (TPSA) is 41.6 Å². The van der Waals surface area contributed by atoms with E-state index in [0.717, 1.165) is 22.9 Å². The maximum atomic E-state index is 12.5. The van der Waals surface area contributed by atoms with Gasteiger partial charge in [0.05, 0.1) is 22.5 Å². The molecule has 8 heteroatoms. The fourth-order valence-corrected chi connectivity index (χ4v) is 1.92. The van der Waals surface area contributed by atoms with Crippen molar-refractivity contribution in [3.63, 3.8) is 0 Å². The van der Waals surface area contributed by atoms with Crippen LogP contribution in [0.25, 0.3) is 5.69 Å². The van der Waals surface area contributed by atoms with Crippen molar-refractivity contribution in [2.24, 2.45) is 0 Å². The van der Waals surface area contributed by atoms with Crippen LogP contribution in [0.4, 0.5) is 13.2 Å². The van der Waals surface area contributed by atoms with Crippen molar-refractivity contribution < 1.29 is 13.2 Å². The summed E-state index contributed by atoms with van der Waals surface area (Å²) >= 11 is 11.6. The van der Waals surface area contributed by atoms with Gasteiger partial charge in [0, 0.05) is 0 Å². The van der Waals surface area contributed by atoms with E-state index in [9.17, 15) is 13.2 Å². The number of halogens is 5. The van der Waals surface area contributed by atoms with Gasteiger partial charge in [0.15, 0.2) is 5.15 Å². The molecule has 98 valence electrons. The van der Waals surface area contributed by atoms with Crippen molar-refractivity contribution >= 4 is 23.2 Å². The van der Waals surface area contributed by atoms with Crippen molar-refractivity contribution in [1.82, 2.24) is 9.78 Å². The SMILES string of the molecule is N#Cc1cnn(-c2ccc(C(F)(F)F)cc2Cl)c1Cl. The van der Waals surface area contributed by atoms with E-state index in [0.29, 0.717) is 0 Å². The van der Waals surface area contributed by atoms with E-state index in [2.05, 4.69) is 5.10 Å². The van der Waals surface area contributed by atoms with E-state index < -0.39 is 11.7 Å². The molecule has 0 saturated carbocycles. The fraction of sp³-hybridized carbons (Fsp3) is 0.0909. The number of alkyl halides is 3. The number of hydrogen-bond acceptors (Lipinski definition) is 2. The standard InChI is InChI=1S/C11H4Cl2F3N3/c12-8-3-7(11(14,15)16)1-2-9(8)19-10(13)6(4-17)5-18-19/h1-3,5H. The molecule has 19 heavy (non-hydrogen) atoms. The second-order valence-electron chi connectivity index (χ2n) is 3.54. The van der Waals surface area contributed by atoms with Crippen LogP contribution in [0.1, 0.15) is 11.1 Å². The van der Waals surface area contributed by atoms with Crippen LogP contribution in [0, 0.1) is 11.3 Å². The second-order valence-corrected chi connectivity index (χ2v) is 4.30. The summed E-state index contributed by atoms with van der Waals surface area (Å²) in [6.45, 7) is 0. The fourth-order valence-electron chi connectivity index (χ4n) is 1.43. The molecule has 0 radical (unpaired) electrons. The third-order valence-electron chi connectivity index (χ3n) is 2.33. The summed E-state index contributed by atoms with van der Waals surface area (Å²) in [7, 11) is 0. The summed E-state index contributed by atoms with van der Waals surface area (Å²) < 4.78 is 38.6. The minimum absolute atomic E-state index is 0.0100. The molecule has 0 spiro atoms. The molecule has 0 aliphatic rings. The van der Waals surface area contributed by atoms with Gasteiger partial charge in [0.1, 0.15) is 11.6 Å². The Bertz CT molecular complexity index is 671. The third-order valence-corrected chi connectivity index (χ3v) is 3.00. The van der Waals surface area contributed by atoms with Gasteiger partial charge in [-0.25, -0.2) is 4.68 Å². The Kier molecular flexibility index (Phi) is 3.43. The normalized spacial score (nSPS) is 11.4. The Balaban J connectivity index is 2.53. The van der Waals surface area contributed by atoms with Crippen molar-refractivity contribution in [2.45, 2.75) is 6.18 Å². The highest BCUT2D eigenvalue weighted by atomic mass is 35.5. The predicted octanol–water partition coefficient (Wildman–Crippen LogP) is 4.07. The Labute approximate surface area is 115 Å². The largest absolute Gasteiger partial charge is 0.416 e. The molecule has 0 amide bonds. The van der Waals surface area contributed by atoms with Crippen LogP contribution >= 0.6 is 23.2 Å². The molecule has 2 aromatic rings. The van der Waals surface area contributed by atoms with E-state index >= 15 is 0 Å². The van der Waals surface area contributed by atoms with Gasteiger partial charge in [0.2, 0.25) is 0 Å². The van der Waals surface area contributed by atoms with E-state index in [-0.39, 0.29) is 21.4 Å². The van der Waals surface area contributed by atoms with E-state index in [4.69, 9.17) is 28.5 Å². The lowest BCUT2D eigenvalue weighted by molar-refractivity contribution is -0.137. The molecule has 0 atom stereocenters. The first-order chi connectivity index (χ1) is 8.84. The van der Waals surface area contributed by atoms with Gasteiger partial charge >= 0.3 is 6.18 Å². The van der Waals surface area contributed by atoms with Crippen molar-refractivity contribution in [3.05, 3.63) is 45.7 Å². The molecule has 3 nitrogen and oxygen atoms in total. The first kappa shape index (κ1) is 13.7.